The van der Waals surface area contributed by atoms with Crippen LogP contribution in [0.1, 0.15) is 37.4 Å². The number of rotatable bonds is 2. The quantitative estimate of drug-likeness (QED) is 0.877. The number of amides is 1. The molecule has 130 valence electrons. The van der Waals surface area contributed by atoms with E-state index in [0.717, 1.165) is 68.7 Å². The average molecular weight is 349 g/mol. The van der Waals surface area contributed by atoms with Gasteiger partial charge in [-0.05, 0) is 50.9 Å². The SMILES string of the molecule is Cl.O=C(C1CCNCC1)N1CCC(c2nc3ccccc3[nH]2)CC1. The Morgan fingerprint density at radius 2 is 1.79 bits per heavy atom. The number of nitrogens with one attached hydrogen (secondary N) is 2. The fourth-order valence-corrected chi connectivity index (χ4v) is 3.87. The summed E-state index contributed by atoms with van der Waals surface area (Å²) in [6, 6.07) is 8.17. The van der Waals surface area contributed by atoms with E-state index in [9.17, 15) is 4.79 Å². The topological polar surface area (TPSA) is 61.0 Å². The summed E-state index contributed by atoms with van der Waals surface area (Å²) in [5.74, 6) is 2.13. The third kappa shape index (κ3) is 3.42. The lowest BCUT2D eigenvalue weighted by Crippen LogP contribution is -2.44. The van der Waals surface area contributed by atoms with Gasteiger partial charge < -0.3 is 15.2 Å². The first kappa shape index (κ1) is 17.2. The molecule has 0 spiro atoms. The molecule has 0 bridgehead atoms. The zero-order valence-corrected chi connectivity index (χ0v) is 14.6. The lowest BCUT2D eigenvalue weighted by atomic mass is 9.92. The highest BCUT2D eigenvalue weighted by atomic mass is 35.5. The monoisotopic (exact) mass is 348 g/mol. The van der Waals surface area contributed by atoms with Crippen LogP contribution in [0.2, 0.25) is 0 Å². The second kappa shape index (κ2) is 7.53. The lowest BCUT2D eigenvalue weighted by Gasteiger charge is -2.34. The Bertz CT molecular complexity index is 654. The van der Waals surface area contributed by atoms with E-state index in [0.29, 0.717) is 11.8 Å². The number of piperidine rings is 2. The molecule has 1 amide bonds. The Labute approximate surface area is 148 Å². The van der Waals surface area contributed by atoms with Crippen LogP contribution < -0.4 is 5.32 Å². The van der Waals surface area contributed by atoms with Crippen molar-refractivity contribution in [2.24, 2.45) is 5.92 Å². The van der Waals surface area contributed by atoms with Crippen LogP contribution in [0.5, 0.6) is 0 Å². The Hall–Kier alpha value is -1.59. The van der Waals surface area contributed by atoms with Crippen LogP contribution in [0, 0.1) is 5.92 Å². The van der Waals surface area contributed by atoms with E-state index in [1.54, 1.807) is 0 Å². The number of likely N-dealkylation sites (tertiary alicyclic amines) is 1. The van der Waals surface area contributed by atoms with E-state index < -0.39 is 0 Å². The molecule has 5 nitrogen and oxygen atoms in total. The molecule has 2 aliphatic rings. The fourth-order valence-electron chi connectivity index (χ4n) is 3.87. The minimum Gasteiger partial charge on any atom is -0.342 e. The van der Waals surface area contributed by atoms with Crippen LogP contribution in [0.4, 0.5) is 0 Å². The molecule has 3 heterocycles. The number of benzene rings is 1. The summed E-state index contributed by atoms with van der Waals surface area (Å²) in [6.45, 7) is 3.69. The van der Waals surface area contributed by atoms with Gasteiger partial charge in [-0.3, -0.25) is 4.79 Å². The Balaban J connectivity index is 0.00000169. The molecule has 2 N–H and O–H groups in total. The summed E-state index contributed by atoms with van der Waals surface area (Å²) < 4.78 is 0. The first-order valence-corrected chi connectivity index (χ1v) is 8.75. The number of para-hydroxylation sites is 2. The summed E-state index contributed by atoms with van der Waals surface area (Å²) in [7, 11) is 0. The van der Waals surface area contributed by atoms with Crippen LogP contribution in [0.25, 0.3) is 11.0 Å². The lowest BCUT2D eigenvalue weighted by molar-refractivity contribution is -0.137. The van der Waals surface area contributed by atoms with Crippen molar-refractivity contribution in [2.75, 3.05) is 26.2 Å². The number of aromatic amines is 1. The predicted molar refractivity (Wildman–Crippen MR) is 97.5 cm³/mol. The third-order valence-electron chi connectivity index (χ3n) is 5.29. The van der Waals surface area contributed by atoms with Crippen molar-refractivity contribution < 1.29 is 4.79 Å². The van der Waals surface area contributed by atoms with E-state index in [1.165, 1.54) is 0 Å². The summed E-state index contributed by atoms with van der Waals surface area (Å²) in [6.07, 6.45) is 4.00. The van der Waals surface area contributed by atoms with Crippen LogP contribution in [-0.2, 0) is 4.79 Å². The average Bonchev–Trinajstić information content (AvgIpc) is 3.06. The van der Waals surface area contributed by atoms with E-state index in [4.69, 9.17) is 4.98 Å². The fraction of sp³-hybridized carbons (Fsp3) is 0.556. The summed E-state index contributed by atoms with van der Waals surface area (Å²) in [5.41, 5.74) is 2.14. The number of H-pyrrole nitrogens is 1. The molecule has 2 aromatic rings. The summed E-state index contributed by atoms with van der Waals surface area (Å²) in [4.78, 5) is 22.9. The molecular formula is C18H25ClN4O. The van der Waals surface area contributed by atoms with Crippen LogP contribution >= 0.6 is 12.4 Å². The van der Waals surface area contributed by atoms with Crippen molar-refractivity contribution in [1.29, 1.82) is 0 Å². The van der Waals surface area contributed by atoms with Gasteiger partial charge in [-0.2, -0.15) is 0 Å². The maximum atomic E-state index is 12.6. The molecule has 0 unspecified atom stereocenters. The molecule has 2 saturated heterocycles. The smallest absolute Gasteiger partial charge is 0.225 e. The van der Waals surface area contributed by atoms with Gasteiger partial charge in [-0.15, -0.1) is 12.4 Å². The van der Waals surface area contributed by atoms with Gasteiger partial charge in [-0.1, -0.05) is 12.1 Å². The van der Waals surface area contributed by atoms with Crippen molar-refractivity contribution in [2.45, 2.75) is 31.6 Å². The number of halogens is 1. The molecule has 4 rings (SSSR count). The molecule has 1 aromatic carbocycles. The van der Waals surface area contributed by atoms with Gasteiger partial charge in [0.1, 0.15) is 5.82 Å². The third-order valence-corrected chi connectivity index (χ3v) is 5.29. The number of nitrogens with zero attached hydrogens (tertiary/aromatic N) is 2. The zero-order valence-electron chi connectivity index (χ0n) is 13.8. The number of hydrogen-bond acceptors (Lipinski definition) is 3. The van der Waals surface area contributed by atoms with E-state index >= 15 is 0 Å². The first-order valence-electron chi connectivity index (χ1n) is 8.75. The number of hydrogen-bond donors (Lipinski definition) is 2. The molecule has 2 fully saturated rings. The van der Waals surface area contributed by atoms with Crippen molar-refractivity contribution in [3.8, 4) is 0 Å². The number of aromatic nitrogens is 2. The van der Waals surface area contributed by atoms with E-state index in [1.807, 2.05) is 18.2 Å². The van der Waals surface area contributed by atoms with Gasteiger partial charge in [0.15, 0.2) is 0 Å². The van der Waals surface area contributed by atoms with Crippen LogP contribution in [0.3, 0.4) is 0 Å². The Morgan fingerprint density at radius 3 is 2.50 bits per heavy atom. The highest BCUT2D eigenvalue weighted by Gasteiger charge is 2.30. The van der Waals surface area contributed by atoms with Crippen LogP contribution in [-0.4, -0.2) is 47.0 Å². The highest BCUT2D eigenvalue weighted by Crippen LogP contribution is 2.29. The molecule has 0 aliphatic carbocycles. The molecule has 0 atom stereocenters. The maximum absolute atomic E-state index is 12.6. The van der Waals surface area contributed by atoms with Gasteiger partial charge in [0.2, 0.25) is 5.91 Å². The number of imidazole rings is 1. The van der Waals surface area contributed by atoms with Gasteiger partial charge in [0.25, 0.3) is 0 Å². The minimum absolute atomic E-state index is 0. The second-order valence-electron chi connectivity index (χ2n) is 6.76. The van der Waals surface area contributed by atoms with E-state index in [2.05, 4.69) is 21.3 Å². The van der Waals surface area contributed by atoms with E-state index in [-0.39, 0.29) is 18.3 Å². The molecule has 6 heteroatoms. The molecule has 0 radical (unpaired) electrons. The van der Waals surface area contributed by atoms with Crippen molar-refractivity contribution in [3.63, 3.8) is 0 Å². The zero-order chi connectivity index (χ0) is 15.6. The maximum Gasteiger partial charge on any atom is 0.225 e. The Kier molecular flexibility index (Phi) is 5.41. The van der Waals surface area contributed by atoms with Gasteiger partial charge in [0, 0.05) is 24.9 Å². The molecule has 1 aromatic heterocycles. The summed E-state index contributed by atoms with van der Waals surface area (Å²) >= 11 is 0. The molecule has 0 saturated carbocycles. The van der Waals surface area contributed by atoms with Crippen molar-refractivity contribution in [1.82, 2.24) is 20.2 Å². The number of carbonyl (C=O) groups excluding carboxylic acids is 1. The Morgan fingerprint density at radius 1 is 1.08 bits per heavy atom. The normalized spacial score (nSPS) is 20.1. The standard InChI is InChI=1S/C18H24N4O.ClH/c23-18(14-5-9-19-10-6-14)22-11-7-13(8-12-22)17-20-15-3-1-2-4-16(15)21-17;/h1-4,13-14,19H,5-12H2,(H,20,21);1H. The largest absolute Gasteiger partial charge is 0.342 e. The summed E-state index contributed by atoms with van der Waals surface area (Å²) in [5, 5.41) is 3.33. The van der Waals surface area contributed by atoms with Gasteiger partial charge >= 0.3 is 0 Å². The van der Waals surface area contributed by atoms with Crippen LogP contribution in [0.15, 0.2) is 24.3 Å². The highest BCUT2D eigenvalue weighted by molar-refractivity contribution is 5.85. The van der Waals surface area contributed by atoms with Crippen molar-refractivity contribution >= 4 is 29.3 Å². The predicted octanol–water partition coefficient (Wildman–Crippen LogP) is 2.69. The molecule has 24 heavy (non-hydrogen) atoms. The minimum atomic E-state index is 0. The van der Waals surface area contributed by atoms with Gasteiger partial charge in [0.05, 0.1) is 11.0 Å². The van der Waals surface area contributed by atoms with Gasteiger partial charge in [-0.25, -0.2) is 4.98 Å². The number of fused-ring (bicyclic) bond motifs is 1. The second-order valence-corrected chi connectivity index (χ2v) is 6.76. The molecule has 2 aliphatic heterocycles. The molecular weight excluding hydrogens is 324 g/mol. The van der Waals surface area contributed by atoms with Crippen molar-refractivity contribution in [3.05, 3.63) is 30.1 Å². The first-order chi connectivity index (χ1) is 11.3. The number of carbonyl (C=O) groups is 1.